The van der Waals surface area contributed by atoms with E-state index in [9.17, 15) is 9.18 Å². The van der Waals surface area contributed by atoms with E-state index in [2.05, 4.69) is 15.1 Å². The van der Waals surface area contributed by atoms with Crippen molar-refractivity contribution in [3.63, 3.8) is 0 Å². The molecule has 0 radical (unpaired) electrons. The highest BCUT2D eigenvalue weighted by Crippen LogP contribution is 2.23. The smallest absolute Gasteiger partial charge is 0.276 e. The zero-order valence-electron chi connectivity index (χ0n) is 16.3. The van der Waals surface area contributed by atoms with Gasteiger partial charge in [-0.2, -0.15) is 4.98 Å². The number of likely N-dealkylation sites (tertiary alicyclic amines) is 1. The van der Waals surface area contributed by atoms with Crippen LogP contribution in [0.2, 0.25) is 0 Å². The van der Waals surface area contributed by atoms with Gasteiger partial charge in [-0.05, 0) is 61.9 Å². The van der Waals surface area contributed by atoms with E-state index in [-0.39, 0.29) is 11.7 Å². The largest absolute Gasteiger partial charge is 0.338 e. The molecule has 1 amide bonds. The van der Waals surface area contributed by atoms with Crippen LogP contribution in [0.15, 0.2) is 47.1 Å². The van der Waals surface area contributed by atoms with Crippen molar-refractivity contribution in [2.75, 3.05) is 13.1 Å². The van der Waals surface area contributed by atoms with Gasteiger partial charge < -0.3 is 9.42 Å². The number of nitrogens with zero attached hydrogens (tertiary/aromatic N) is 4. The lowest BCUT2D eigenvalue weighted by Crippen LogP contribution is -2.40. The molecule has 1 aromatic carbocycles. The van der Waals surface area contributed by atoms with Gasteiger partial charge in [0.2, 0.25) is 0 Å². The van der Waals surface area contributed by atoms with Crippen molar-refractivity contribution in [1.82, 2.24) is 20.0 Å². The Morgan fingerprint density at radius 2 is 2.21 bits per heavy atom. The molecule has 0 spiro atoms. The molecular formula is C22H23FN4O2. The van der Waals surface area contributed by atoms with E-state index >= 15 is 0 Å². The molecule has 1 saturated heterocycles. The van der Waals surface area contributed by atoms with Gasteiger partial charge in [-0.1, -0.05) is 17.3 Å². The number of benzene rings is 1. The van der Waals surface area contributed by atoms with Crippen LogP contribution in [-0.2, 0) is 6.42 Å². The van der Waals surface area contributed by atoms with Gasteiger partial charge in [-0.3, -0.25) is 9.78 Å². The average Bonchev–Trinajstić information content (AvgIpc) is 3.24. The van der Waals surface area contributed by atoms with Gasteiger partial charge in [0, 0.05) is 31.3 Å². The highest BCUT2D eigenvalue weighted by Gasteiger charge is 2.25. The van der Waals surface area contributed by atoms with Crippen molar-refractivity contribution in [3.05, 3.63) is 65.4 Å². The zero-order valence-corrected chi connectivity index (χ0v) is 16.3. The molecule has 2 aromatic heterocycles. The van der Waals surface area contributed by atoms with Crippen LogP contribution in [0, 0.1) is 18.7 Å². The molecule has 3 aromatic rings. The normalized spacial score (nSPS) is 16.8. The Bertz CT molecular complexity index is 989. The van der Waals surface area contributed by atoms with Crippen molar-refractivity contribution in [3.8, 4) is 11.6 Å². The first-order chi connectivity index (χ1) is 14.1. The fourth-order valence-corrected chi connectivity index (χ4v) is 3.68. The molecule has 1 atom stereocenters. The molecule has 4 rings (SSSR count). The van der Waals surface area contributed by atoms with E-state index in [1.807, 2.05) is 23.1 Å². The molecule has 0 aliphatic carbocycles. The molecule has 3 heterocycles. The van der Waals surface area contributed by atoms with E-state index in [1.165, 1.54) is 6.07 Å². The SMILES string of the molecule is Cc1ccc(C(=O)N2CCCC(CCc3noc(-c4ccccn4)n3)C2)cc1F. The Morgan fingerprint density at radius 3 is 3.00 bits per heavy atom. The topological polar surface area (TPSA) is 72.1 Å². The molecule has 29 heavy (non-hydrogen) atoms. The van der Waals surface area contributed by atoms with Crippen LogP contribution >= 0.6 is 0 Å². The summed E-state index contributed by atoms with van der Waals surface area (Å²) in [7, 11) is 0. The third-order valence-electron chi connectivity index (χ3n) is 5.35. The average molecular weight is 394 g/mol. The minimum absolute atomic E-state index is 0.106. The van der Waals surface area contributed by atoms with E-state index in [1.54, 1.807) is 25.3 Å². The fourth-order valence-electron chi connectivity index (χ4n) is 3.68. The summed E-state index contributed by atoms with van der Waals surface area (Å²) >= 11 is 0. The predicted molar refractivity (Wildman–Crippen MR) is 106 cm³/mol. The predicted octanol–water partition coefficient (Wildman–Crippen LogP) is 4.06. The van der Waals surface area contributed by atoms with Gasteiger partial charge in [-0.25, -0.2) is 4.39 Å². The second-order valence-electron chi connectivity index (χ2n) is 7.49. The van der Waals surface area contributed by atoms with Crippen LogP contribution in [0.4, 0.5) is 4.39 Å². The highest BCUT2D eigenvalue weighted by molar-refractivity contribution is 5.94. The summed E-state index contributed by atoms with van der Waals surface area (Å²) < 4.78 is 19.1. The van der Waals surface area contributed by atoms with Crippen molar-refractivity contribution < 1.29 is 13.7 Å². The number of aromatic nitrogens is 3. The number of piperidine rings is 1. The van der Waals surface area contributed by atoms with Crippen LogP contribution in [0.1, 0.15) is 41.0 Å². The van der Waals surface area contributed by atoms with Crippen molar-refractivity contribution in [2.24, 2.45) is 5.92 Å². The van der Waals surface area contributed by atoms with Gasteiger partial charge in [0.15, 0.2) is 5.82 Å². The van der Waals surface area contributed by atoms with Gasteiger partial charge in [0.05, 0.1) is 0 Å². The zero-order chi connectivity index (χ0) is 20.2. The molecule has 6 nitrogen and oxygen atoms in total. The number of aryl methyl sites for hydroxylation is 2. The highest BCUT2D eigenvalue weighted by atomic mass is 19.1. The summed E-state index contributed by atoms with van der Waals surface area (Å²) in [5, 5.41) is 4.05. The minimum atomic E-state index is -0.342. The molecule has 7 heteroatoms. The van der Waals surface area contributed by atoms with Crippen molar-refractivity contribution in [2.45, 2.75) is 32.6 Å². The number of hydrogen-bond acceptors (Lipinski definition) is 5. The molecule has 0 bridgehead atoms. The molecule has 1 unspecified atom stereocenters. The van der Waals surface area contributed by atoms with Crippen LogP contribution in [0.5, 0.6) is 0 Å². The van der Waals surface area contributed by atoms with Crippen LogP contribution in [0.25, 0.3) is 11.6 Å². The van der Waals surface area contributed by atoms with Crippen LogP contribution in [0.3, 0.4) is 0 Å². The lowest BCUT2D eigenvalue weighted by atomic mass is 9.93. The molecular weight excluding hydrogens is 371 g/mol. The van der Waals surface area contributed by atoms with Crippen LogP contribution < -0.4 is 0 Å². The first kappa shape index (κ1) is 19.2. The molecule has 1 aliphatic rings. The molecule has 150 valence electrons. The Kier molecular flexibility index (Phi) is 5.64. The standard InChI is InChI=1S/C22H23FN4O2/c1-15-7-9-17(13-18(15)23)22(28)27-12-4-5-16(14-27)8-10-20-25-21(29-26-20)19-6-2-3-11-24-19/h2-3,6-7,9,11,13,16H,4-5,8,10,12,14H2,1H3. The lowest BCUT2D eigenvalue weighted by molar-refractivity contribution is 0.0667. The first-order valence-electron chi connectivity index (χ1n) is 9.89. The van der Waals surface area contributed by atoms with Crippen LogP contribution in [-0.4, -0.2) is 39.0 Å². The van der Waals surface area contributed by atoms with Gasteiger partial charge in [-0.15, -0.1) is 0 Å². The minimum Gasteiger partial charge on any atom is -0.338 e. The summed E-state index contributed by atoms with van der Waals surface area (Å²) in [4.78, 5) is 23.2. The van der Waals surface area contributed by atoms with Gasteiger partial charge in [0.1, 0.15) is 11.5 Å². The Morgan fingerprint density at radius 1 is 1.31 bits per heavy atom. The Balaban J connectivity index is 1.35. The van der Waals surface area contributed by atoms with Gasteiger partial charge >= 0.3 is 0 Å². The number of carbonyl (C=O) groups is 1. The second-order valence-corrected chi connectivity index (χ2v) is 7.49. The van der Waals surface area contributed by atoms with E-state index in [0.29, 0.717) is 54.0 Å². The Hall–Kier alpha value is -3.09. The third kappa shape index (κ3) is 4.50. The fraction of sp³-hybridized carbons (Fsp3) is 0.364. The summed E-state index contributed by atoms with van der Waals surface area (Å²) in [5.74, 6) is 0.979. The number of halogens is 1. The maximum atomic E-state index is 13.8. The summed E-state index contributed by atoms with van der Waals surface area (Å²) in [5.41, 5.74) is 1.61. The quantitative estimate of drug-likeness (QED) is 0.652. The molecule has 1 fully saturated rings. The summed E-state index contributed by atoms with van der Waals surface area (Å²) in [6.45, 7) is 3.06. The molecule has 1 aliphatic heterocycles. The number of hydrogen-bond donors (Lipinski definition) is 0. The molecule has 0 N–H and O–H groups in total. The maximum Gasteiger partial charge on any atom is 0.276 e. The molecule has 0 saturated carbocycles. The number of rotatable bonds is 5. The second kappa shape index (κ2) is 8.51. The monoisotopic (exact) mass is 394 g/mol. The third-order valence-corrected chi connectivity index (χ3v) is 5.35. The van der Waals surface area contributed by atoms with E-state index in [0.717, 1.165) is 19.3 Å². The Labute approximate surface area is 168 Å². The van der Waals surface area contributed by atoms with Crippen molar-refractivity contribution in [1.29, 1.82) is 0 Å². The number of carbonyl (C=O) groups excluding carboxylic acids is 1. The van der Waals surface area contributed by atoms with E-state index in [4.69, 9.17) is 4.52 Å². The number of amides is 1. The van der Waals surface area contributed by atoms with Gasteiger partial charge in [0.25, 0.3) is 11.8 Å². The summed E-state index contributed by atoms with van der Waals surface area (Å²) in [6, 6.07) is 10.2. The lowest BCUT2D eigenvalue weighted by Gasteiger charge is -2.32. The number of pyridine rings is 1. The van der Waals surface area contributed by atoms with Crippen molar-refractivity contribution >= 4 is 5.91 Å². The maximum absolute atomic E-state index is 13.8. The van der Waals surface area contributed by atoms with E-state index < -0.39 is 0 Å². The summed E-state index contributed by atoms with van der Waals surface area (Å²) in [6.07, 6.45) is 5.23. The first-order valence-corrected chi connectivity index (χ1v) is 9.89.